The normalized spacial score (nSPS) is 89.8. The van der Waals surface area contributed by atoms with Crippen LogP contribution in [0, 0.1) is 197 Å². The van der Waals surface area contributed by atoms with Crippen LogP contribution in [-0.2, 0) is 21.1 Å². The molecule has 0 aliphatic heterocycles. The van der Waals surface area contributed by atoms with Crippen molar-refractivity contribution in [3.8, 4) is 12.8 Å². The fourth-order valence-electron chi connectivity index (χ4n) is 32.3. The van der Waals surface area contributed by atoms with E-state index in [1.165, 1.54) is 137 Å². The summed E-state index contributed by atoms with van der Waals surface area (Å²) >= 11 is 0. The van der Waals surface area contributed by atoms with Gasteiger partial charge in [-0.3, -0.25) is 0 Å². The summed E-state index contributed by atoms with van der Waals surface area (Å²) in [6.45, 7) is 0. The van der Waals surface area contributed by atoms with E-state index in [9.17, 15) is 0 Å². The van der Waals surface area contributed by atoms with Crippen LogP contribution in [0.2, 0.25) is 0 Å². The summed E-state index contributed by atoms with van der Waals surface area (Å²) in [5.41, 5.74) is 10.9. The molecule has 22 unspecified atom stereocenters. The number of fused-ring (bicyclic) bond motifs is 18. The van der Waals surface area contributed by atoms with Gasteiger partial charge in [0.25, 0.3) is 0 Å². The van der Waals surface area contributed by atoms with Crippen LogP contribution in [0.15, 0.2) is 0 Å². The molecule has 49 heavy (non-hydrogen) atoms. The van der Waals surface area contributed by atoms with Gasteiger partial charge in [-0.15, -0.1) is 36.8 Å². The fourth-order valence-corrected chi connectivity index (χ4v) is 32.3. The van der Waals surface area contributed by atoms with E-state index < -0.39 is 0 Å². The van der Waals surface area contributed by atoms with Crippen molar-refractivity contribution in [2.24, 2.45) is 184 Å². The van der Waals surface area contributed by atoms with E-state index >= 15 is 0 Å². The number of rotatable bonds is 0. The number of hydrogen-bond acceptors (Lipinski definition) is 1. The first-order valence-corrected chi connectivity index (χ1v) is 18.2. The van der Waals surface area contributed by atoms with Crippen molar-refractivity contribution in [3.05, 3.63) is 0 Å². The molecule has 22 saturated carbocycles. The molecule has 1 nitrogen and oxygen atoms in total. The molecule has 0 bridgehead atoms. The predicted molar refractivity (Wildman–Crippen MR) is 213 cm³/mol. The van der Waals surface area contributed by atoms with Crippen LogP contribution < -0.4 is 57.5 Å². The van der Waals surface area contributed by atoms with Crippen molar-refractivity contribution in [1.29, 1.82) is 0 Å². The molecule has 22 aliphatic rings. The van der Waals surface area contributed by atoms with Gasteiger partial charge in [-0.1, -0.05) is 37.1 Å². The molecule has 0 aromatic rings. The van der Waals surface area contributed by atoms with Gasteiger partial charge in [-0.05, 0) is 210 Å². The van der Waals surface area contributed by atoms with Gasteiger partial charge in [-0.2, -0.15) is 19.8 Å². The number of terminal acetylenes is 1. The summed E-state index contributed by atoms with van der Waals surface area (Å²) in [6, 6.07) is 0. The molecule has 0 aromatic heterocycles. The van der Waals surface area contributed by atoms with E-state index in [1.807, 2.05) is 0 Å². The molecule has 0 saturated heterocycles. The second kappa shape index (κ2) is 7.35. The van der Waals surface area contributed by atoms with Gasteiger partial charge in [-0.25, -0.2) is 0 Å². The number of hydrogen-bond donors (Lipinski definition) is 1. The first-order valence-electron chi connectivity index (χ1n) is 18.7. The minimum atomic E-state index is 0. The average molecular weight is 1020 g/mol. The SMILES string of the molecule is C.C.C.C.C.C1C2CC3C4C5C6C7C8C9C%10C%11C%12CC%13CC%14C%15C%16C%17C%18C%19C%20C%21C%22C1C23C%224C%215C%206C%197C%188C%179C%16%10C%15%11C%13%14%12.I.N.P.P.[2HH].[2HH].[3HH].[3H]C#C.[H-].[K+].[W]. The Bertz CT molecular complexity index is 1740. The Morgan fingerprint density at radius 1 is 0.469 bits per heavy atom. The fraction of sp³-hybridized carbons (Fsp3) is 0.953. The molecule has 0 amide bonds. The van der Waals surface area contributed by atoms with E-state index in [2.05, 4.69) is 6.42 Å². The summed E-state index contributed by atoms with van der Waals surface area (Å²) < 4.78 is 5.74. The maximum atomic E-state index is 5.74. The molecule has 22 aliphatic carbocycles. The molecule has 0 heterocycles. The Morgan fingerprint density at radius 2 is 0.633 bits per heavy atom. The molecule has 270 valence electrons. The van der Waals surface area contributed by atoms with Gasteiger partial charge < -0.3 is 7.58 Å². The Balaban J connectivity index is 0.000000270. The van der Waals surface area contributed by atoms with Gasteiger partial charge in [0.05, 0.1) is 0 Å². The molecule has 6 heteroatoms. The summed E-state index contributed by atoms with van der Waals surface area (Å²) in [5, 5.41) is 0. The average Bonchev–Trinajstić information content (AvgIpc) is 2.80. The summed E-state index contributed by atoms with van der Waals surface area (Å²) in [6.07, 6.45) is 12.8. The third kappa shape index (κ3) is 1.36. The molecule has 0 radical (unpaired) electrons. The zero-order valence-electron chi connectivity index (χ0n) is 27.5. The number of halogens is 1. The molecular formula is C43H69IKNP2W. The van der Waals surface area contributed by atoms with Crippen molar-refractivity contribution in [2.45, 2.75) is 62.8 Å². The monoisotopic (exact) mass is 1020 g/mol. The van der Waals surface area contributed by atoms with E-state index in [-0.39, 0.29) is 165 Å². The first kappa shape index (κ1) is 35.6. The van der Waals surface area contributed by atoms with Gasteiger partial charge in [0.1, 0.15) is 1.37 Å². The van der Waals surface area contributed by atoms with E-state index in [0.29, 0.717) is 0 Å². The molecule has 10 spiro atoms. The summed E-state index contributed by atoms with van der Waals surface area (Å²) in [5.74, 6) is 29.9. The van der Waals surface area contributed by atoms with E-state index in [0.717, 1.165) is 54.1 Å². The zero-order valence-corrected chi connectivity index (χ0v) is 36.8. The minimum absolute atomic E-state index is 0. The van der Waals surface area contributed by atoms with Gasteiger partial charge in [0, 0.05) is 25.3 Å². The standard InChI is InChI=1S/C36H30.C2H2.5CH4.HI.K.H3N.2H3P.W.3H2.H/c1-5-2-8-12-16-20-25-26-22-18-14-10-4-6-3-9-13-17-21-24-23-19-15-11-7(1)27(5,8)29(11,12)31(15,16)33(19,20)35(23,25)36(24,26)34(21,22)32(17,18)30(13,14)28(6,9)10;1-2;;;;;;;;;;;;;;;/h5-26H,1-4H2;1-2H;5*1H4;1H;;3*1H3;;3*1H;/q;;;;;;;;+1;;;;;;;;-1/i;1T;;;;;;;;;;;;1+2;2*1+1;. The van der Waals surface area contributed by atoms with Crippen molar-refractivity contribution < 1.29 is 79.5 Å². The Labute approximate surface area is 384 Å². The largest absolute Gasteiger partial charge is 1.00 e. The van der Waals surface area contributed by atoms with Crippen molar-refractivity contribution in [2.75, 3.05) is 0 Å². The van der Waals surface area contributed by atoms with E-state index in [1.54, 1.807) is 25.7 Å². The third-order valence-corrected chi connectivity index (χ3v) is 27.7. The first-order chi connectivity index (χ1) is 19.3. The zero-order chi connectivity index (χ0) is 23.2. The van der Waals surface area contributed by atoms with Crippen LogP contribution in [0.25, 0.3) is 0 Å². The van der Waals surface area contributed by atoms with Gasteiger partial charge in [0.2, 0.25) is 0 Å². The summed E-state index contributed by atoms with van der Waals surface area (Å²) in [4.78, 5) is 0. The molecular weight excluding hydrogens is 942 g/mol. The Hall–Kier alpha value is 3.43. The maximum absolute atomic E-state index is 5.74. The van der Waals surface area contributed by atoms with Crippen LogP contribution in [0.3, 0.4) is 0 Å². The van der Waals surface area contributed by atoms with Crippen LogP contribution in [-0.4, -0.2) is 0 Å². The van der Waals surface area contributed by atoms with Gasteiger partial charge >= 0.3 is 51.4 Å². The smallest absolute Gasteiger partial charge is 1.00 e. The minimum Gasteiger partial charge on any atom is -1.00 e. The molecule has 3 N–H and O–H groups in total. The maximum Gasteiger partial charge on any atom is 1.00 e. The topological polar surface area (TPSA) is 35.0 Å². The molecule has 0 aromatic carbocycles. The van der Waals surface area contributed by atoms with Gasteiger partial charge in [0.15, 0.2) is 0 Å². The molecule has 22 rings (SSSR count). The second-order valence-electron chi connectivity index (χ2n) is 22.0. The van der Waals surface area contributed by atoms with Crippen molar-refractivity contribution in [1.82, 2.24) is 6.15 Å². The third-order valence-electron chi connectivity index (χ3n) is 27.7. The second-order valence-corrected chi connectivity index (χ2v) is 22.0. The van der Waals surface area contributed by atoms with Crippen LogP contribution in [0.5, 0.6) is 0 Å². The molecule has 22 atom stereocenters. The van der Waals surface area contributed by atoms with Crippen LogP contribution in [0.4, 0.5) is 0 Å². The van der Waals surface area contributed by atoms with Crippen molar-refractivity contribution in [3.63, 3.8) is 0 Å². The van der Waals surface area contributed by atoms with Crippen LogP contribution in [0.1, 0.15) is 69.9 Å². The Kier molecular flexibility index (Phi) is 5.34. The van der Waals surface area contributed by atoms with Crippen molar-refractivity contribution >= 4 is 43.8 Å². The summed E-state index contributed by atoms with van der Waals surface area (Å²) in [7, 11) is 0. The molecule has 22 fully saturated rings. The van der Waals surface area contributed by atoms with Crippen LogP contribution >= 0.6 is 43.8 Å². The Morgan fingerprint density at radius 3 is 0.816 bits per heavy atom. The quantitative estimate of drug-likeness (QED) is 0.129. The predicted octanol–water partition coefficient (Wildman–Crippen LogP) is 6.44. The van der Waals surface area contributed by atoms with E-state index in [4.69, 9.17) is 1.37 Å².